The van der Waals surface area contributed by atoms with E-state index in [-0.39, 0.29) is 0 Å². The van der Waals surface area contributed by atoms with Crippen LogP contribution in [0.15, 0.2) is 40.1 Å². The van der Waals surface area contributed by atoms with Gasteiger partial charge in [0.25, 0.3) is 0 Å². The van der Waals surface area contributed by atoms with Crippen LogP contribution in [0.5, 0.6) is 0 Å². The van der Waals surface area contributed by atoms with Gasteiger partial charge in [0, 0.05) is 11.4 Å². The topological polar surface area (TPSA) is 34.1 Å². The number of rotatable bonds is 0. The van der Waals surface area contributed by atoms with Crippen molar-refractivity contribution >= 4 is 21.4 Å². The fraction of sp³-hybridized carbons (Fsp3) is 0.200. The minimum atomic E-state index is -3.42. The Morgan fingerprint density at radius 2 is 1.79 bits per heavy atom. The van der Waals surface area contributed by atoms with Crippen molar-refractivity contribution in [1.82, 2.24) is 0 Å². The molecule has 0 saturated carbocycles. The number of aryl methyl sites for hydroxylation is 2. The molecule has 0 aliphatic carbocycles. The van der Waals surface area contributed by atoms with E-state index < -0.39 is 9.84 Å². The molecule has 1 heterocycles. The first-order chi connectivity index (χ1) is 8.89. The summed E-state index contributed by atoms with van der Waals surface area (Å²) in [5, 5.41) is 0.571. The maximum atomic E-state index is 12.7. The molecule has 0 radical (unpaired) electrons. The van der Waals surface area contributed by atoms with Crippen molar-refractivity contribution in [1.29, 1.82) is 0 Å². The fourth-order valence-electron chi connectivity index (χ4n) is 2.82. The fourth-order valence-corrected chi connectivity index (χ4v) is 4.92. The zero-order chi connectivity index (χ0) is 13.8. The molecular formula is C15H13ClO2S. The van der Waals surface area contributed by atoms with Gasteiger partial charge < -0.3 is 0 Å². The molecule has 0 spiro atoms. The first kappa shape index (κ1) is 12.7. The van der Waals surface area contributed by atoms with E-state index in [4.69, 9.17) is 11.6 Å². The SMILES string of the molecule is Cc1cc(C)c2c(c1)Cc1cc(Cl)ccc1S2(=O)=O. The second kappa shape index (κ2) is 4.09. The van der Waals surface area contributed by atoms with E-state index in [1.807, 2.05) is 26.0 Å². The maximum Gasteiger partial charge on any atom is 0.207 e. The van der Waals surface area contributed by atoms with Crippen molar-refractivity contribution in [3.8, 4) is 0 Å². The van der Waals surface area contributed by atoms with E-state index in [1.54, 1.807) is 18.2 Å². The summed E-state index contributed by atoms with van der Waals surface area (Å²) in [7, 11) is -3.42. The lowest BCUT2D eigenvalue weighted by Gasteiger charge is -2.22. The third-order valence-corrected chi connectivity index (χ3v) is 5.79. The van der Waals surface area contributed by atoms with Crippen molar-refractivity contribution in [3.63, 3.8) is 0 Å². The normalized spacial score (nSPS) is 15.7. The highest BCUT2D eigenvalue weighted by Gasteiger charge is 2.31. The van der Waals surface area contributed by atoms with Gasteiger partial charge in [0.1, 0.15) is 0 Å². The van der Waals surface area contributed by atoms with E-state index in [9.17, 15) is 8.42 Å². The molecule has 2 nitrogen and oxygen atoms in total. The van der Waals surface area contributed by atoms with Gasteiger partial charge >= 0.3 is 0 Å². The Balaban J connectivity index is 2.37. The third kappa shape index (κ3) is 1.88. The highest BCUT2D eigenvalue weighted by molar-refractivity contribution is 7.91. The Morgan fingerprint density at radius 3 is 2.53 bits per heavy atom. The van der Waals surface area contributed by atoms with Crippen LogP contribution in [0.2, 0.25) is 5.02 Å². The molecular weight excluding hydrogens is 280 g/mol. The van der Waals surface area contributed by atoms with Crippen LogP contribution in [-0.2, 0) is 16.3 Å². The Morgan fingerprint density at radius 1 is 1.05 bits per heavy atom. The van der Waals surface area contributed by atoms with Crippen LogP contribution in [0.4, 0.5) is 0 Å². The van der Waals surface area contributed by atoms with Crippen molar-refractivity contribution in [3.05, 3.63) is 57.6 Å². The van der Waals surface area contributed by atoms with Crippen molar-refractivity contribution < 1.29 is 8.42 Å². The smallest absolute Gasteiger partial charge is 0.207 e. The molecule has 1 aliphatic heterocycles. The van der Waals surface area contributed by atoms with Crippen LogP contribution in [0.3, 0.4) is 0 Å². The first-order valence-electron chi connectivity index (χ1n) is 6.03. The number of halogens is 1. The Labute approximate surface area is 118 Å². The number of hydrogen-bond acceptors (Lipinski definition) is 2. The Hall–Kier alpha value is -1.32. The lowest BCUT2D eigenvalue weighted by Crippen LogP contribution is -2.16. The molecule has 0 bridgehead atoms. The molecule has 0 N–H and O–H groups in total. The summed E-state index contributed by atoms with van der Waals surface area (Å²) < 4.78 is 25.4. The van der Waals surface area contributed by atoms with Gasteiger partial charge in [0.05, 0.1) is 9.79 Å². The van der Waals surface area contributed by atoms with Crippen LogP contribution in [0.1, 0.15) is 22.3 Å². The lowest BCUT2D eigenvalue weighted by molar-refractivity contribution is 0.591. The average Bonchev–Trinajstić information content (AvgIpc) is 2.25. The molecule has 2 aromatic rings. The summed E-state index contributed by atoms with van der Waals surface area (Å²) in [6.45, 7) is 3.83. The quantitative estimate of drug-likeness (QED) is 0.633. The molecule has 0 fully saturated rings. The number of sulfone groups is 1. The van der Waals surface area contributed by atoms with Crippen LogP contribution in [0.25, 0.3) is 0 Å². The zero-order valence-corrected chi connectivity index (χ0v) is 12.3. The Kier molecular flexibility index (Phi) is 2.73. The predicted molar refractivity (Wildman–Crippen MR) is 75.6 cm³/mol. The van der Waals surface area contributed by atoms with Crippen LogP contribution in [0, 0.1) is 13.8 Å². The molecule has 3 rings (SSSR count). The molecule has 4 heteroatoms. The highest BCUT2D eigenvalue weighted by Crippen LogP contribution is 2.37. The minimum Gasteiger partial charge on any atom is -0.218 e. The molecule has 0 atom stereocenters. The molecule has 1 aliphatic rings. The van der Waals surface area contributed by atoms with Crippen LogP contribution < -0.4 is 0 Å². The standard InChI is InChI=1S/C15H13ClO2S/c1-9-5-10(2)15-12(6-9)7-11-8-13(16)3-4-14(11)19(15,17)18/h3-6,8H,7H2,1-2H3. The zero-order valence-electron chi connectivity index (χ0n) is 10.7. The van der Waals surface area contributed by atoms with Crippen LogP contribution >= 0.6 is 11.6 Å². The van der Waals surface area contributed by atoms with Gasteiger partial charge in [-0.1, -0.05) is 29.3 Å². The highest BCUT2D eigenvalue weighted by atomic mass is 35.5. The van der Waals surface area contributed by atoms with E-state index in [2.05, 4.69) is 0 Å². The summed E-state index contributed by atoms with van der Waals surface area (Å²) in [5.41, 5.74) is 3.55. The molecule has 98 valence electrons. The third-order valence-electron chi connectivity index (χ3n) is 3.46. The molecule has 2 aromatic carbocycles. The van der Waals surface area contributed by atoms with Crippen molar-refractivity contribution in [2.75, 3.05) is 0 Å². The number of fused-ring (bicyclic) bond motifs is 2. The second-order valence-electron chi connectivity index (χ2n) is 5.00. The molecule has 19 heavy (non-hydrogen) atoms. The van der Waals surface area contributed by atoms with Gasteiger partial charge in [0.15, 0.2) is 0 Å². The maximum absolute atomic E-state index is 12.7. The van der Waals surface area contributed by atoms with E-state index >= 15 is 0 Å². The molecule has 0 saturated heterocycles. The number of hydrogen-bond donors (Lipinski definition) is 0. The van der Waals surface area contributed by atoms with Crippen molar-refractivity contribution in [2.24, 2.45) is 0 Å². The monoisotopic (exact) mass is 292 g/mol. The largest absolute Gasteiger partial charge is 0.218 e. The van der Waals surface area contributed by atoms with E-state index in [1.165, 1.54) is 0 Å². The van der Waals surface area contributed by atoms with Gasteiger partial charge in [-0.05, 0) is 48.7 Å². The predicted octanol–water partition coefficient (Wildman–Crippen LogP) is 3.69. The summed E-state index contributed by atoms with van der Waals surface area (Å²) in [6.07, 6.45) is 0.618. The second-order valence-corrected chi connectivity index (χ2v) is 7.29. The lowest BCUT2D eigenvalue weighted by atomic mass is 10.00. The van der Waals surface area contributed by atoms with E-state index in [0.29, 0.717) is 21.2 Å². The molecule has 0 unspecified atom stereocenters. The van der Waals surface area contributed by atoms with Gasteiger partial charge in [0.2, 0.25) is 9.84 Å². The first-order valence-corrected chi connectivity index (χ1v) is 7.89. The average molecular weight is 293 g/mol. The molecule has 0 aromatic heterocycles. The minimum absolute atomic E-state index is 0.386. The summed E-state index contributed by atoms with van der Waals surface area (Å²) in [4.78, 5) is 0.851. The molecule has 0 amide bonds. The summed E-state index contributed by atoms with van der Waals surface area (Å²) >= 11 is 5.96. The van der Waals surface area contributed by atoms with E-state index in [0.717, 1.165) is 22.3 Å². The van der Waals surface area contributed by atoms with Gasteiger partial charge in [-0.15, -0.1) is 0 Å². The van der Waals surface area contributed by atoms with Gasteiger partial charge in [-0.25, -0.2) is 8.42 Å². The number of benzene rings is 2. The summed E-state index contributed by atoms with van der Waals surface area (Å²) in [5.74, 6) is 0. The van der Waals surface area contributed by atoms with Crippen molar-refractivity contribution in [2.45, 2.75) is 30.1 Å². The Bertz CT molecular complexity index is 792. The van der Waals surface area contributed by atoms with Gasteiger partial charge in [-0.3, -0.25) is 0 Å². The van der Waals surface area contributed by atoms with Gasteiger partial charge in [-0.2, -0.15) is 0 Å². The van der Waals surface area contributed by atoms with Crippen LogP contribution in [-0.4, -0.2) is 8.42 Å². The summed E-state index contributed by atoms with van der Waals surface area (Å²) in [6, 6.07) is 8.85.